The Morgan fingerprint density at radius 3 is 3.04 bits per heavy atom. The monoisotopic (exact) mass is 316 g/mol. The van der Waals surface area contributed by atoms with Gasteiger partial charge in [0.15, 0.2) is 5.82 Å². The molecule has 0 unspecified atom stereocenters. The van der Waals surface area contributed by atoms with Crippen molar-refractivity contribution in [2.75, 3.05) is 0 Å². The summed E-state index contributed by atoms with van der Waals surface area (Å²) >= 11 is 0. The zero-order chi connectivity index (χ0) is 15.6. The molecule has 0 aliphatic heterocycles. The number of rotatable bonds is 6. The minimum absolute atomic E-state index is 0.0906. The van der Waals surface area contributed by atoms with E-state index in [9.17, 15) is 4.79 Å². The van der Waals surface area contributed by atoms with E-state index in [2.05, 4.69) is 15.2 Å². The SMILES string of the molecule is O=C(CCc1nc(C2CC2)no1)O[C@@H]1CCC[C@H]1n1cccn1. The Labute approximate surface area is 134 Å². The maximum absolute atomic E-state index is 12.1. The van der Waals surface area contributed by atoms with Gasteiger partial charge in [0, 0.05) is 24.7 Å². The van der Waals surface area contributed by atoms with Crippen molar-refractivity contribution in [3.05, 3.63) is 30.2 Å². The summed E-state index contributed by atoms with van der Waals surface area (Å²) < 4.78 is 12.7. The van der Waals surface area contributed by atoms with Gasteiger partial charge in [0.2, 0.25) is 5.89 Å². The van der Waals surface area contributed by atoms with Crippen molar-refractivity contribution in [1.29, 1.82) is 0 Å². The molecule has 2 saturated carbocycles. The van der Waals surface area contributed by atoms with Gasteiger partial charge in [-0.2, -0.15) is 10.1 Å². The van der Waals surface area contributed by atoms with Crippen LogP contribution in [0.1, 0.15) is 62.2 Å². The van der Waals surface area contributed by atoms with Crippen LogP contribution in [0.4, 0.5) is 0 Å². The Hall–Kier alpha value is -2.18. The van der Waals surface area contributed by atoms with Gasteiger partial charge in [0.1, 0.15) is 6.10 Å². The van der Waals surface area contributed by atoms with Crippen LogP contribution in [0.25, 0.3) is 0 Å². The number of hydrogen-bond acceptors (Lipinski definition) is 6. The minimum atomic E-state index is -0.208. The Bertz CT molecular complexity index is 663. The van der Waals surface area contributed by atoms with Gasteiger partial charge in [0.25, 0.3) is 0 Å². The summed E-state index contributed by atoms with van der Waals surface area (Å²) in [5.41, 5.74) is 0. The Balaban J connectivity index is 1.29. The van der Waals surface area contributed by atoms with Crippen LogP contribution in [0.5, 0.6) is 0 Å². The molecule has 4 rings (SSSR count). The van der Waals surface area contributed by atoms with Gasteiger partial charge in [-0.15, -0.1) is 0 Å². The van der Waals surface area contributed by atoms with E-state index in [-0.39, 0.29) is 24.5 Å². The molecule has 0 spiro atoms. The average Bonchev–Trinajstić information content (AvgIpc) is 2.99. The predicted molar refractivity (Wildman–Crippen MR) is 79.6 cm³/mol. The summed E-state index contributed by atoms with van der Waals surface area (Å²) in [7, 11) is 0. The summed E-state index contributed by atoms with van der Waals surface area (Å²) in [6.07, 6.45) is 9.51. The second-order valence-electron chi connectivity index (χ2n) is 6.33. The van der Waals surface area contributed by atoms with Crippen LogP contribution in [0, 0.1) is 0 Å². The highest BCUT2D eigenvalue weighted by atomic mass is 16.5. The lowest BCUT2D eigenvalue weighted by Crippen LogP contribution is -2.25. The molecule has 2 aromatic heterocycles. The molecular weight excluding hydrogens is 296 g/mol. The Morgan fingerprint density at radius 2 is 2.26 bits per heavy atom. The Morgan fingerprint density at radius 1 is 1.35 bits per heavy atom. The molecule has 2 aliphatic carbocycles. The van der Waals surface area contributed by atoms with E-state index in [4.69, 9.17) is 9.26 Å². The maximum atomic E-state index is 12.1. The van der Waals surface area contributed by atoms with Crippen molar-refractivity contribution in [3.63, 3.8) is 0 Å². The number of hydrogen-bond donors (Lipinski definition) is 0. The summed E-state index contributed by atoms with van der Waals surface area (Å²) in [6, 6.07) is 2.04. The molecule has 0 N–H and O–H groups in total. The lowest BCUT2D eigenvalue weighted by Gasteiger charge is -2.20. The zero-order valence-electron chi connectivity index (χ0n) is 12.9. The van der Waals surface area contributed by atoms with Crippen molar-refractivity contribution in [2.24, 2.45) is 0 Å². The van der Waals surface area contributed by atoms with Crippen LogP contribution in [0.2, 0.25) is 0 Å². The number of aromatic nitrogens is 4. The molecule has 7 heteroatoms. The lowest BCUT2D eigenvalue weighted by atomic mass is 10.2. The van der Waals surface area contributed by atoms with E-state index in [1.54, 1.807) is 6.20 Å². The molecule has 7 nitrogen and oxygen atoms in total. The third-order valence-electron chi connectivity index (χ3n) is 4.53. The lowest BCUT2D eigenvalue weighted by molar-refractivity contribution is -0.150. The standard InChI is InChI=1S/C16H20N4O3/c21-15(8-7-14-18-16(19-23-14)11-5-6-11)22-13-4-1-3-12(13)20-10-2-9-17-20/h2,9-13H,1,3-8H2/t12-,13-/m1/s1. The van der Waals surface area contributed by atoms with Gasteiger partial charge in [-0.3, -0.25) is 9.48 Å². The number of carbonyl (C=O) groups excluding carboxylic acids is 1. The predicted octanol–water partition coefficient (Wildman–Crippen LogP) is 2.41. The third-order valence-corrected chi connectivity index (χ3v) is 4.53. The van der Waals surface area contributed by atoms with Crippen molar-refractivity contribution in [3.8, 4) is 0 Å². The van der Waals surface area contributed by atoms with Gasteiger partial charge < -0.3 is 9.26 Å². The molecule has 23 heavy (non-hydrogen) atoms. The zero-order valence-corrected chi connectivity index (χ0v) is 12.9. The molecule has 0 amide bonds. The number of ether oxygens (including phenoxy) is 1. The second-order valence-corrected chi connectivity index (χ2v) is 6.33. The van der Waals surface area contributed by atoms with Gasteiger partial charge in [-0.25, -0.2) is 0 Å². The molecule has 0 saturated heterocycles. The van der Waals surface area contributed by atoms with E-state index in [1.807, 2.05) is 16.9 Å². The highest BCUT2D eigenvalue weighted by Crippen LogP contribution is 2.38. The van der Waals surface area contributed by atoms with Gasteiger partial charge in [-0.1, -0.05) is 5.16 Å². The molecule has 2 atom stereocenters. The molecular formula is C16H20N4O3. The molecule has 2 aliphatic rings. The topological polar surface area (TPSA) is 83.0 Å². The van der Waals surface area contributed by atoms with Crippen LogP contribution in [0.3, 0.4) is 0 Å². The molecule has 2 aromatic rings. The molecule has 122 valence electrons. The van der Waals surface area contributed by atoms with E-state index in [1.165, 1.54) is 0 Å². The summed E-state index contributed by atoms with van der Waals surface area (Å²) in [4.78, 5) is 16.4. The highest BCUT2D eigenvalue weighted by molar-refractivity contribution is 5.69. The van der Waals surface area contributed by atoms with Gasteiger partial charge in [0.05, 0.1) is 12.5 Å². The second kappa shape index (κ2) is 6.14. The van der Waals surface area contributed by atoms with Crippen molar-refractivity contribution in [1.82, 2.24) is 19.9 Å². The molecule has 2 heterocycles. The van der Waals surface area contributed by atoms with Crippen molar-refractivity contribution >= 4 is 5.97 Å². The number of esters is 1. The first kappa shape index (κ1) is 14.4. The first-order chi connectivity index (χ1) is 11.3. The fourth-order valence-corrected chi connectivity index (χ4v) is 3.14. The third kappa shape index (κ3) is 3.28. The molecule has 0 bridgehead atoms. The van der Waals surface area contributed by atoms with Crippen molar-refractivity contribution < 1.29 is 14.1 Å². The van der Waals surface area contributed by atoms with Crippen LogP contribution >= 0.6 is 0 Å². The Kier molecular flexibility index (Phi) is 3.85. The van der Waals surface area contributed by atoms with E-state index >= 15 is 0 Å². The fraction of sp³-hybridized carbons (Fsp3) is 0.625. The smallest absolute Gasteiger partial charge is 0.306 e. The molecule has 0 radical (unpaired) electrons. The van der Waals surface area contributed by atoms with Crippen molar-refractivity contribution in [2.45, 2.75) is 63.0 Å². The molecule has 2 fully saturated rings. The minimum Gasteiger partial charge on any atom is -0.460 e. The van der Waals surface area contributed by atoms with Crippen LogP contribution in [-0.2, 0) is 16.0 Å². The highest BCUT2D eigenvalue weighted by Gasteiger charge is 2.32. The normalized spacial score (nSPS) is 24.0. The van der Waals surface area contributed by atoms with Gasteiger partial charge >= 0.3 is 5.97 Å². The van der Waals surface area contributed by atoms with E-state index in [0.717, 1.165) is 37.9 Å². The first-order valence-electron chi connectivity index (χ1n) is 8.30. The largest absolute Gasteiger partial charge is 0.460 e. The van der Waals surface area contributed by atoms with Crippen LogP contribution in [-0.4, -0.2) is 32.0 Å². The number of carbonyl (C=O) groups is 1. The summed E-state index contributed by atoms with van der Waals surface area (Å²) in [5, 5.41) is 8.22. The number of aryl methyl sites for hydroxylation is 1. The van der Waals surface area contributed by atoms with Gasteiger partial charge in [-0.05, 0) is 38.2 Å². The maximum Gasteiger partial charge on any atom is 0.306 e. The van der Waals surface area contributed by atoms with E-state index < -0.39 is 0 Å². The summed E-state index contributed by atoms with van der Waals surface area (Å²) in [6.45, 7) is 0. The number of nitrogens with zero attached hydrogens (tertiary/aromatic N) is 4. The quantitative estimate of drug-likeness (QED) is 0.761. The first-order valence-corrected chi connectivity index (χ1v) is 8.30. The van der Waals surface area contributed by atoms with E-state index in [0.29, 0.717) is 18.2 Å². The summed E-state index contributed by atoms with van der Waals surface area (Å²) in [5.74, 6) is 1.56. The fourth-order valence-electron chi connectivity index (χ4n) is 3.14. The molecule has 0 aromatic carbocycles. The van der Waals surface area contributed by atoms with Crippen LogP contribution in [0.15, 0.2) is 23.0 Å². The average molecular weight is 316 g/mol. The van der Waals surface area contributed by atoms with Crippen LogP contribution < -0.4 is 0 Å².